The number of halogens is 1. The van der Waals surface area contributed by atoms with Gasteiger partial charge >= 0.3 is 0 Å². The van der Waals surface area contributed by atoms with Crippen molar-refractivity contribution in [2.24, 2.45) is 7.05 Å². The molecular weight excluding hydrogens is 313 g/mol. The average molecular weight is 337 g/mol. The van der Waals surface area contributed by atoms with Crippen LogP contribution in [0.1, 0.15) is 48.3 Å². The summed E-state index contributed by atoms with van der Waals surface area (Å²) in [6.45, 7) is 5.10. The highest BCUT2D eigenvalue weighted by Gasteiger charge is 2.18. The number of aryl methyl sites for hydroxylation is 1. The molecule has 1 heterocycles. The van der Waals surface area contributed by atoms with E-state index in [1.165, 1.54) is 23.3 Å². The van der Waals surface area contributed by atoms with Crippen LogP contribution < -0.4 is 5.32 Å². The van der Waals surface area contributed by atoms with Gasteiger partial charge in [0.2, 0.25) is 0 Å². The standard InChI is InChI=1S/C21H24FN3/c1-15(2)17-6-4-16(5-7-17)14-24-20(21-23-12-13-25(21)3)18-8-10-19(22)11-9-18/h4-13,15,20,24H,14H2,1-3H3. The predicted molar refractivity (Wildman–Crippen MR) is 98.8 cm³/mol. The number of hydrogen-bond acceptors (Lipinski definition) is 2. The molecule has 4 heteroatoms. The van der Waals surface area contributed by atoms with Crippen LogP contribution in [-0.2, 0) is 13.6 Å². The monoisotopic (exact) mass is 337 g/mol. The van der Waals surface area contributed by atoms with E-state index in [-0.39, 0.29) is 11.9 Å². The molecule has 0 radical (unpaired) electrons. The molecule has 0 saturated heterocycles. The Labute approximate surface area is 148 Å². The topological polar surface area (TPSA) is 29.9 Å². The lowest BCUT2D eigenvalue weighted by atomic mass is 10.0. The Bertz CT molecular complexity index is 804. The van der Waals surface area contributed by atoms with E-state index in [0.29, 0.717) is 12.5 Å². The largest absolute Gasteiger partial charge is 0.336 e. The van der Waals surface area contributed by atoms with Crippen molar-refractivity contribution in [3.05, 3.63) is 89.3 Å². The van der Waals surface area contributed by atoms with Gasteiger partial charge in [-0.1, -0.05) is 50.2 Å². The highest BCUT2D eigenvalue weighted by molar-refractivity contribution is 5.28. The molecule has 1 unspecified atom stereocenters. The predicted octanol–water partition coefficient (Wildman–Crippen LogP) is 4.56. The van der Waals surface area contributed by atoms with E-state index >= 15 is 0 Å². The maximum absolute atomic E-state index is 13.3. The SMILES string of the molecule is CC(C)c1ccc(CNC(c2ccc(F)cc2)c2nccn2C)cc1. The molecule has 0 aliphatic rings. The van der Waals surface area contributed by atoms with Crippen molar-refractivity contribution in [3.8, 4) is 0 Å². The summed E-state index contributed by atoms with van der Waals surface area (Å²) >= 11 is 0. The summed E-state index contributed by atoms with van der Waals surface area (Å²) in [7, 11) is 1.97. The number of rotatable bonds is 6. The van der Waals surface area contributed by atoms with Crippen molar-refractivity contribution < 1.29 is 4.39 Å². The van der Waals surface area contributed by atoms with Gasteiger partial charge in [0, 0.05) is 26.0 Å². The van der Waals surface area contributed by atoms with Crippen molar-refractivity contribution in [2.75, 3.05) is 0 Å². The van der Waals surface area contributed by atoms with Crippen molar-refractivity contribution in [1.29, 1.82) is 0 Å². The first kappa shape index (κ1) is 17.4. The van der Waals surface area contributed by atoms with Gasteiger partial charge in [-0.25, -0.2) is 9.37 Å². The van der Waals surface area contributed by atoms with Gasteiger partial charge in [0.05, 0.1) is 6.04 Å². The molecule has 130 valence electrons. The van der Waals surface area contributed by atoms with Crippen LogP contribution in [0.25, 0.3) is 0 Å². The molecule has 3 nitrogen and oxygen atoms in total. The summed E-state index contributed by atoms with van der Waals surface area (Å²) in [5.74, 6) is 1.21. The molecule has 0 saturated carbocycles. The Balaban J connectivity index is 1.80. The maximum Gasteiger partial charge on any atom is 0.130 e. The van der Waals surface area contributed by atoms with Crippen LogP contribution in [-0.4, -0.2) is 9.55 Å². The quantitative estimate of drug-likeness (QED) is 0.714. The van der Waals surface area contributed by atoms with E-state index in [4.69, 9.17) is 0 Å². The molecule has 25 heavy (non-hydrogen) atoms. The van der Waals surface area contributed by atoms with Gasteiger partial charge in [-0.2, -0.15) is 0 Å². The zero-order chi connectivity index (χ0) is 17.8. The fourth-order valence-corrected chi connectivity index (χ4v) is 2.91. The Morgan fingerprint density at radius 3 is 2.20 bits per heavy atom. The summed E-state index contributed by atoms with van der Waals surface area (Å²) in [4.78, 5) is 4.47. The van der Waals surface area contributed by atoms with Crippen LogP contribution in [0.4, 0.5) is 4.39 Å². The second-order valence-electron chi connectivity index (χ2n) is 6.66. The summed E-state index contributed by atoms with van der Waals surface area (Å²) in [5, 5.41) is 3.56. The minimum Gasteiger partial charge on any atom is -0.336 e. The van der Waals surface area contributed by atoms with Gasteiger partial charge in [-0.05, 0) is 34.7 Å². The van der Waals surface area contributed by atoms with Crippen molar-refractivity contribution in [1.82, 2.24) is 14.9 Å². The highest BCUT2D eigenvalue weighted by atomic mass is 19.1. The molecule has 1 aromatic heterocycles. The summed E-state index contributed by atoms with van der Waals surface area (Å²) in [5.41, 5.74) is 3.54. The molecule has 3 aromatic rings. The van der Waals surface area contributed by atoms with Gasteiger partial charge in [-0.15, -0.1) is 0 Å². The number of aromatic nitrogens is 2. The maximum atomic E-state index is 13.3. The first-order chi connectivity index (χ1) is 12.0. The molecular formula is C21H24FN3. The normalized spacial score (nSPS) is 12.5. The van der Waals surface area contributed by atoms with Crippen LogP contribution in [0.5, 0.6) is 0 Å². The molecule has 1 atom stereocenters. The minimum atomic E-state index is -0.230. The van der Waals surface area contributed by atoms with Crippen LogP contribution in [0.15, 0.2) is 60.9 Å². The molecule has 3 rings (SSSR count). The average Bonchev–Trinajstić information content (AvgIpc) is 3.03. The van der Waals surface area contributed by atoms with Gasteiger partial charge in [0.25, 0.3) is 0 Å². The third-order valence-electron chi connectivity index (χ3n) is 4.48. The third-order valence-corrected chi connectivity index (χ3v) is 4.48. The zero-order valence-electron chi connectivity index (χ0n) is 14.9. The first-order valence-corrected chi connectivity index (χ1v) is 8.59. The molecule has 0 fully saturated rings. The minimum absolute atomic E-state index is 0.0922. The Hall–Kier alpha value is -2.46. The number of imidazole rings is 1. The van der Waals surface area contributed by atoms with Gasteiger partial charge in [0.15, 0.2) is 0 Å². The van der Waals surface area contributed by atoms with Crippen molar-refractivity contribution in [3.63, 3.8) is 0 Å². The lowest BCUT2D eigenvalue weighted by Gasteiger charge is -2.19. The highest BCUT2D eigenvalue weighted by Crippen LogP contribution is 2.22. The Morgan fingerprint density at radius 1 is 1.00 bits per heavy atom. The Kier molecular flexibility index (Phi) is 5.29. The van der Waals surface area contributed by atoms with E-state index in [1.807, 2.05) is 29.9 Å². The lowest BCUT2D eigenvalue weighted by molar-refractivity contribution is 0.555. The van der Waals surface area contributed by atoms with Crippen LogP contribution in [0.3, 0.4) is 0 Å². The summed E-state index contributed by atoms with van der Waals surface area (Å²) < 4.78 is 15.3. The number of nitrogens with zero attached hydrogens (tertiary/aromatic N) is 2. The molecule has 0 spiro atoms. The van der Waals surface area contributed by atoms with Gasteiger partial charge < -0.3 is 4.57 Å². The molecule has 1 N–H and O–H groups in total. The molecule has 2 aromatic carbocycles. The second-order valence-corrected chi connectivity index (χ2v) is 6.66. The number of benzene rings is 2. The van der Waals surface area contributed by atoms with E-state index in [1.54, 1.807) is 6.20 Å². The van der Waals surface area contributed by atoms with E-state index in [2.05, 4.69) is 48.4 Å². The third kappa shape index (κ3) is 4.15. The molecule has 0 bridgehead atoms. The molecule has 0 aliphatic carbocycles. The van der Waals surface area contributed by atoms with E-state index in [0.717, 1.165) is 11.4 Å². The van der Waals surface area contributed by atoms with Gasteiger partial charge in [-0.3, -0.25) is 5.32 Å². The van der Waals surface area contributed by atoms with Crippen molar-refractivity contribution >= 4 is 0 Å². The fraction of sp³-hybridized carbons (Fsp3) is 0.286. The fourth-order valence-electron chi connectivity index (χ4n) is 2.91. The second kappa shape index (κ2) is 7.62. The lowest BCUT2D eigenvalue weighted by Crippen LogP contribution is -2.24. The molecule has 0 amide bonds. The van der Waals surface area contributed by atoms with E-state index < -0.39 is 0 Å². The smallest absolute Gasteiger partial charge is 0.130 e. The Morgan fingerprint density at radius 2 is 1.64 bits per heavy atom. The van der Waals surface area contributed by atoms with Crippen LogP contribution in [0, 0.1) is 5.82 Å². The van der Waals surface area contributed by atoms with Gasteiger partial charge in [0.1, 0.15) is 11.6 Å². The number of nitrogens with one attached hydrogen (secondary N) is 1. The van der Waals surface area contributed by atoms with Crippen LogP contribution >= 0.6 is 0 Å². The van der Waals surface area contributed by atoms with E-state index in [9.17, 15) is 4.39 Å². The summed E-state index contributed by atoms with van der Waals surface area (Å²) in [6, 6.07) is 15.2. The molecule has 0 aliphatic heterocycles. The number of hydrogen-bond donors (Lipinski definition) is 1. The van der Waals surface area contributed by atoms with Crippen LogP contribution in [0.2, 0.25) is 0 Å². The summed E-state index contributed by atoms with van der Waals surface area (Å²) in [6.07, 6.45) is 3.70. The first-order valence-electron chi connectivity index (χ1n) is 8.59. The van der Waals surface area contributed by atoms with Crippen molar-refractivity contribution in [2.45, 2.75) is 32.4 Å². The zero-order valence-corrected chi connectivity index (χ0v) is 14.9.